The highest BCUT2D eigenvalue weighted by Crippen LogP contribution is 2.22. The molecule has 2 heterocycles. The van der Waals surface area contributed by atoms with Crippen molar-refractivity contribution in [1.29, 1.82) is 0 Å². The van der Waals surface area contributed by atoms with Crippen molar-refractivity contribution in [1.82, 2.24) is 5.32 Å². The highest BCUT2D eigenvalue weighted by molar-refractivity contribution is 5.89. The maximum atomic E-state index is 12.9. The Morgan fingerprint density at radius 2 is 1.92 bits per heavy atom. The fourth-order valence-corrected chi connectivity index (χ4v) is 2.31. The van der Waals surface area contributed by atoms with Gasteiger partial charge in [-0.3, -0.25) is 4.79 Å². The molecule has 1 amide bonds. The molecule has 3 aromatic rings. The molecule has 0 radical (unpaired) electrons. The van der Waals surface area contributed by atoms with Gasteiger partial charge in [0.05, 0.1) is 12.3 Å². The minimum Gasteiger partial charge on any atom is -0.467 e. The minimum atomic E-state index is -0.765. The summed E-state index contributed by atoms with van der Waals surface area (Å²) in [4.78, 5) is 23.8. The Morgan fingerprint density at radius 1 is 1.15 bits per heavy atom. The molecule has 134 valence electrons. The van der Waals surface area contributed by atoms with Crippen molar-refractivity contribution in [3.05, 3.63) is 72.1 Å². The van der Waals surface area contributed by atoms with E-state index in [2.05, 4.69) is 5.32 Å². The Labute approximate surface area is 148 Å². The van der Waals surface area contributed by atoms with Gasteiger partial charge in [-0.25, -0.2) is 9.18 Å². The van der Waals surface area contributed by atoms with Gasteiger partial charge in [-0.15, -0.1) is 0 Å². The molecule has 0 fully saturated rings. The van der Waals surface area contributed by atoms with E-state index in [1.807, 2.05) is 0 Å². The highest BCUT2D eigenvalue weighted by atomic mass is 19.1. The van der Waals surface area contributed by atoms with E-state index in [9.17, 15) is 14.0 Å². The molecule has 1 N–H and O–H groups in total. The number of ether oxygens (including phenoxy) is 1. The van der Waals surface area contributed by atoms with Gasteiger partial charge in [0.1, 0.15) is 17.3 Å². The smallest absolute Gasteiger partial charge is 0.374 e. The van der Waals surface area contributed by atoms with Crippen molar-refractivity contribution in [2.24, 2.45) is 0 Å². The number of amides is 1. The summed E-state index contributed by atoms with van der Waals surface area (Å²) < 4.78 is 28.5. The number of benzene rings is 1. The molecule has 0 aliphatic carbocycles. The largest absolute Gasteiger partial charge is 0.467 e. The van der Waals surface area contributed by atoms with E-state index < -0.39 is 18.5 Å². The van der Waals surface area contributed by atoms with Crippen LogP contribution in [0, 0.1) is 5.82 Å². The summed E-state index contributed by atoms with van der Waals surface area (Å²) in [6.45, 7) is 1.30. The topological polar surface area (TPSA) is 81.7 Å². The fraction of sp³-hybridized carbons (Fsp3) is 0.158. The van der Waals surface area contributed by atoms with E-state index in [1.165, 1.54) is 36.6 Å². The van der Waals surface area contributed by atoms with Crippen LogP contribution in [0.25, 0.3) is 11.3 Å². The van der Waals surface area contributed by atoms with E-state index >= 15 is 0 Å². The molecule has 3 rings (SSSR count). The molecule has 0 saturated heterocycles. The predicted octanol–water partition coefficient (Wildman–Crippen LogP) is 3.71. The number of halogens is 1. The number of carbonyl (C=O) groups excluding carboxylic acids is 2. The molecule has 0 spiro atoms. The lowest BCUT2D eigenvalue weighted by atomic mass is 10.2. The van der Waals surface area contributed by atoms with Gasteiger partial charge in [0.2, 0.25) is 5.76 Å². The van der Waals surface area contributed by atoms with Gasteiger partial charge in [-0.1, -0.05) is 0 Å². The number of hydrogen-bond donors (Lipinski definition) is 1. The molecule has 6 nitrogen and oxygen atoms in total. The maximum Gasteiger partial charge on any atom is 0.374 e. The molecule has 0 unspecified atom stereocenters. The predicted molar refractivity (Wildman–Crippen MR) is 89.7 cm³/mol. The Kier molecular flexibility index (Phi) is 5.17. The molecule has 2 aromatic heterocycles. The summed E-state index contributed by atoms with van der Waals surface area (Å²) >= 11 is 0. The number of furan rings is 2. The zero-order valence-electron chi connectivity index (χ0n) is 13.9. The third kappa shape index (κ3) is 4.18. The number of carbonyl (C=O) groups is 2. The quantitative estimate of drug-likeness (QED) is 0.680. The van der Waals surface area contributed by atoms with Crippen molar-refractivity contribution in [3.63, 3.8) is 0 Å². The second-order valence-electron chi connectivity index (χ2n) is 5.55. The first-order chi connectivity index (χ1) is 12.5. The summed E-state index contributed by atoms with van der Waals surface area (Å²) in [6.07, 6.45) is 1.51. The highest BCUT2D eigenvalue weighted by Gasteiger charge is 2.17. The average Bonchev–Trinajstić information content (AvgIpc) is 3.32. The molecule has 0 bridgehead atoms. The molecule has 0 aliphatic rings. The summed E-state index contributed by atoms with van der Waals surface area (Å²) in [6, 6.07) is 11.8. The summed E-state index contributed by atoms with van der Waals surface area (Å²) in [5.74, 6) is -0.648. The molecule has 26 heavy (non-hydrogen) atoms. The Morgan fingerprint density at radius 3 is 2.62 bits per heavy atom. The first-order valence-electron chi connectivity index (χ1n) is 7.88. The second-order valence-corrected chi connectivity index (χ2v) is 5.55. The van der Waals surface area contributed by atoms with Crippen LogP contribution in [0.5, 0.6) is 0 Å². The minimum absolute atomic E-state index is 0.0452. The van der Waals surface area contributed by atoms with Crippen molar-refractivity contribution in [2.75, 3.05) is 6.61 Å². The van der Waals surface area contributed by atoms with Gasteiger partial charge in [0.25, 0.3) is 5.91 Å². The SMILES string of the molecule is C[C@H](NC(=O)COC(=O)c1ccc(-c2ccc(F)cc2)o1)c1ccco1. The normalized spacial score (nSPS) is 11.8. The summed E-state index contributed by atoms with van der Waals surface area (Å²) in [5.41, 5.74) is 0.621. The fourth-order valence-electron chi connectivity index (χ4n) is 2.31. The molecule has 1 aromatic carbocycles. The molecule has 7 heteroatoms. The Bertz CT molecular complexity index is 883. The van der Waals surface area contributed by atoms with Gasteiger partial charge in [-0.05, 0) is 55.5 Å². The molecule has 1 atom stereocenters. The van der Waals surface area contributed by atoms with Crippen LogP contribution in [0.3, 0.4) is 0 Å². The zero-order chi connectivity index (χ0) is 18.5. The molecular formula is C19H16FNO5. The van der Waals surface area contributed by atoms with Gasteiger partial charge >= 0.3 is 5.97 Å². The van der Waals surface area contributed by atoms with Crippen molar-refractivity contribution < 1.29 is 27.6 Å². The monoisotopic (exact) mass is 357 g/mol. The Hall–Kier alpha value is -3.35. The van der Waals surface area contributed by atoms with Crippen molar-refractivity contribution in [3.8, 4) is 11.3 Å². The molecule has 0 saturated carbocycles. The van der Waals surface area contributed by atoms with Gasteiger partial charge in [-0.2, -0.15) is 0 Å². The van der Waals surface area contributed by atoms with Crippen molar-refractivity contribution >= 4 is 11.9 Å². The second kappa shape index (κ2) is 7.69. The summed E-state index contributed by atoms with van der Waals surface area (Å²) in [5, 5.41) is 2.65. The van der Waals surface area contributed by atoms with Gasteiger partial charge < -0.3 is 18.9 Å². The number of esters is 1. The van der Waals surface area contributed by atoms with E-state index in [-0.39, 0.29) is 17.6 Å². The Balaban J connectivity index is 1.53. The molecule has 0 aliphatic heterocycles. The molecular weight excluding hydrogens is 341 g/mol. The average molecular weight is 357 g/mol. The van der Waals surface area contributed by atoms with Crippen LogP contribution in [0.4, 0.5) is 4.39 Å². The summed E-state index contributed by atoms with van der Waals surface area (Å²) in [7, 11) is 0. The van der Waals surface area contributed by atoms with Crippen molar-refractivity contribution in [2.45, 2.75) is 13.0 Å². The lowest BCUT2D eigenvalue weighted by molar-refractivity contribution is -0.125. The third-order valence-corrected chi connectivity index (χ3v) is 3.62. The first-order valence-corrected chi connectivity index (χ1v) is 7.88. The number of nitrogens with one attached hydrogen (secondary N) is 1. The van der Waals surface area contributed by atoms with Crippen LogP contribution >= 0.6 is 0 Å². The van der Waals surface area contributed by atoms with Crippen LogP contribution in [0.1, 0.15) is 29.3 Å². The van der Waals surface area contributed by atoms with E-state index in [1.54, 1.807) is 25.1 Å². The standard InChI is InChI=1S/C19H16FNO5/c1-12(15-3-2-10-24-15)21-18(22)11-25-19(23)17-9-8-16(26-17)13-4-6-14(20)7-5-13/h2-10,12H,11H2,1H3,(H,21,22)/t12-/m0/s1. The third-order valence-electron chi connectivity index (χ3n) is 3.62. The van der Waals surface area contributed by atoms with Crippen LogP contribution in [0.15, 0.2) is 63.6 Å². The van der Waals surface area contributed by atoms with E-state index in [0.717, 1.165) is 0 Å². The van der Waals surface area contributed by atoms with Crippen LogP contribution in [-0.2, 0) is 9.53 Å². The van der Waals surface area contributed by atoms with E-state index in [4.69, 9.17) is 13.6 Å². The van der Waals surface area contributed by atoms with Crippen LogP contribution in [0.2, 0.25) is 0 Å². The zero-order valence-corrected chi connectivity index (χ0v) is 13.9. The van der Waals surface area contributed by atoms with Crippen LogP contribution < -0.4 is 5.32 Å². The van der Waals surface area contributed by atoms with E-state index in [0.29, 0.717) is 17.1 Å². The maximum absolute atomic E-state index is 12.9. The lowest BCUT2D eigenvalue weighted by Crippen LogP contribution is -2.30. The first kappa shape index (κ1) is 17.5. The van der Waals surface area contributed by atoms with Crippen LogP contribution in [-0.4, -0.2) is 18.5 Å². The number of rotatable bonds is 6. The van der Waals surface area contributed by atoms with Gasteiger partial charge in [0, 0.05) is 5.56 Å². The lowest BCUT2D eigenvalue weighted by Gasteiger charge is -2.11. The number of hydrogen-bond acceptors (Lipinski definition) is 5. The van der Waals surface area contributed by atoms with Gasteiger partial charge in [0.15, 0.2) is 6.61 Å².